The molecule has 1 aromatic carbocycles. The maximum atomic E-state index is 12.8. The minimum atomic E-state index is -1.20. The van der Waals surface area contributed by atoms with E-state index < -0.39 is 5.97 Å². The third-order valence-electron chi connectivity index (χ3n) is 2.37. The van der Waals surface area contributed by atoms with Crippen molar-refractivity contribution in [1.82, 2.24) is 4.98 Å². The van der Waals surface area contributed by atoms with Gasteiger partial charge in [-0.25, -0.2) is 14.2 Å². The summed E-state index contributed by atoms with van der Waals surface area (Å²) in [6, 6.07) is 5.98. The lowest BCUT2D eigenvalue weighted by molar-refractivity contribution is 0.0687. The summed E-state index contributed by atoms with van der Waals surface area (Å²) in [6.45, 7) is 1.32. The molecule has 0 spiro atoms. The number of thiazole rings is 1. The molecule has 0 aliphatic rings. The molecule has 0 bridgehead atoms. The Balaban J connectivity index is 2.14. The summed E-state index contributed by atoms with van der Waals surface area (Å²) >= 11 is 2.49. The summed E-state index contributed by atoms with van der Waals surface area (Å²) in [5.74, 6) is -1.39. The van der Waals surface area contributed by atoms with Crippen LogP contribution in [0, 0.1) is 5.82 Å². The van der Waals surface area contributed by atoms with E-state index in [4.69, 9.17) is 5.11 Å². The third-order valence-corrected chi connectivity index (χ3v) is 4.73. The Morgan fingerprint density at radius 2 is 2.00 bits per heavy atom. The van der Waals surface area contributed by atoms with E-state index in [0.29, 0.717) is 10.8 Å². The Morgan fingerprint density at radius 3 is 2.50 bits per heavy atom. The topological polar surface area (TPSA) is 67.3 Å². The van der Waals surface area contributed by atoms with E-state index >= 15 is 0 Å². The van der Waals surface area contributed by atoms with Crippen LogP contribution in [0.2, 0.25) is 0 Å². The lowest BCUT2D eigenvalue weighted by Gasteiger charge is -1.98. The molecule has 0 aliphatic carbocycles. The standard InChI is InChI=1S/C13H10FNO3S2/c1-7(16)12-11(13(17)18)15-10(20-12)6-19-9-4-2-8(14)3-5-9/h2-5H,6H2,1H3,(H,17,18). The van der Waals surface area contributed by atoms with Crippen molar-refractivity contribution in [3.05, 3.63) is 45.7 Å². The van der Waals surface area contributed by atoms with E-state index in [0.717, 1.165) is 16.2 Å². The van der Waals surface area contributed by atoms with Crippen LogP contribution in [0.15, 0.2) is 29.2 Å². The number of rotatable bonds is 5. The average Bonchev–Trinajstić information content (AvgIpc) is 2.83. The number of ketones is 1. The number of nitrogens with zero attached hydrogens (tertiary/aromatic N) is 1. The number of carbonyl (C=O) groups is 2. The van der Waals surface area contributed by atoms with Gasteiger partial charge in [-0.1, -0.05) is 0 Å². The zero-order chi connectivity index (χ0) is 14.7. The molecule has 104 valence electrons. The van der Waals surface area contributed by atoms with Gasteiger partial charge in [-0.2, -0.15) is 0 Å². The lowest BCUT2D eigenvalue weighted by atomic mass is 10.3. The minimum Gasteiger partial charge on any atom is -0.476 e. The van der Waals surface area contributed by atoms with Crippen LogP contribution in [0.25, 0.3) is 0 Å². The van der Waals surface area contributed by atoms with Gasteiger partial charge in [0.05, 0.1) is 5.75 Å². The predicted octanol–water partition coefficient (Wildman–Crippen LogP) is 3.48. The highest BCUT2D eigenvalue weighted by atomic mass is 32.2. The SMILES string of the molecule is CC(=O)c1sc(CSc2ccc(F)cc2)nc1C(=O)O. The summed E-state index contributed by atoms with van der Waals surface area (Å²) in [5.41, 5.74) is -0.197. The van der Waals surface area contributed by atoms with Crippen LogP contribution in [0.4, 0.5) is 4.39 Å². The molecule has 7 heteroatoms. The van der Waals surface area contributed by atoms with Crippen molar-refractivity contribution in [3.8, 4) is 0 Å². The molecule has 0 radical (unpaired) electrons. The highest BCUT2D eigenvalue weighted by Gasteiger charge is 2.20. The van der Waals surface area contributed by atoms with Crippen LogP contribution in [0.3, 0.4) is 0 Å². The maximum absolute atomic E-state index is 12.8. The van der Waals surface area contributed by atoms with Crippen LogP contribution >= 0.6 is 23.1 Å². The first-order valence-corrected chi connectivity index (χ1v) is 7.40. The molecule has 0 atom stereocenters. The average molecular weight is 311 g/mol. The van der Waals surface area contributed by atoms with Gasteiger partial charge >= 0.3 is 5.97 Å². The zero-order valence-corrected chi connectivity index (χ0v) is 12.1. The van der Waals surface area contributed by atoms with Crippen molar-refractivity contribution in [3.63, 3.8) is 0 Å². The molecule has 0 amide bonds. The van der Waals surface area contributed by atoms with Crippen LogP contribution < -0.4 is 0 Å². The lowest BCUT2D eigenvalue weighted by Crippen LogP contribution is -2.03. The van der Waals surface area contributed by atoms with Crippen molar-refractivity contribution < 1.29 is 19.1 Å². The summed E-state index contributed by atoms with van der Waals surface area (Å²) in [5, 5.41) is 9.54. The van der Waals surface area contributed by atoms with Crippen LogP contribution in [-0.4, -0.2) is 21.8 Å². The Bertz CT molecular complexity index is 621. The molecule has 1 heterocycles. The summed E-state index contributed by atoms with van der Waals surface area (Å²) < 4.78 is 12.8. The second-order valence-corrected chi connectivity index (χ2v) is 6.02. The molecule has 2 rings (SSSR count). The van der Waals surface area contributed by atoms with Gasteiger partial charge < -0.3 is 5.11 Å². The minimum absolute atomic E-state index is 0.159. The number of carbonyl (C=O) groups excluding carboxylic acids is 1. The Morgan fingerprint density at radius 1 is 1.35 bits per heavy atom. The molecular weight excluding hydrogens is 301 g/mol. The molecule has 0 fully saturated rings. The first-order valence-electron chi connectivity index (χ1n) is 5.59. The van der Waals surface area contributed by atoms with E-state index in [-0.39, 0.29) is 22.2 Å². The van der Waals surface area contributed by atoms with Crippen molar-refractivity contribution in [2.45, 2.75) is 17.6 Å². The Hall–Kier alpha value is -1.73. The van der Waals surface area contributed by atoms with E-state index in [1.165, 1.54) is 30.8 Å². The zero-order valence-electron chi connectivity index (χ0n) is 10.4. The number of halogens is 1. The normalized spacial score (nSPS) is 10.5. The van der Waals surface area contributed by atoms with Crippen LogP contribution in [0.5, 0.6) is 0 Å². The number of carboxylic acids is 1. The summed E-state index contributed by atoms with van der Waals surface area (Å²) in [7, 11) is 0. The molecule has 20 heavy (non-hydrogen) atoms. The maximum Gasteiger partial charge on any atom is 0.356 e. The smallest absolute Gasteiger partial charge is 0.356 e. The number of hydrogen-bond donors (Lipinski definition) is 1. The van der Waals surface area contributed by atoms with Crippen molar-refractivity contribution in [1.29, 1.82) is 0 Å². The van der Waals surface area contributed by atoms with E-state index in [2.05, 4.69) is 4.98 Å². The van der Waals surface area contributed by atoms with Gasteiger partial charge in [-0.15, -0.1) is 23.1 Å². The van der Waals surface area contributed by atoms with E-state index in [1.807, 2.05) is 0 Å². The Labute approximate surface area is 122 Å². The fraction of sp³-hybridized carbons (Fsp3) is 0.154. The van der Waals surface area contributed by atoms with Gasteiger partial charge in [0, 0.05) is 11.8 Å². The molecule has 0 unspecified atom stereocenters. The van der Waals surface area contributed by atoms with E-state index in [9.17, 15) is 14.0 Å². The monoisotopic (exact) mass is 311 g/mol. The number of hydrogen-bond acceptors (Lipinski definition) is 5. The fourth-order valence-electron chi connectivity index (χ4n) is 1.49. The summed E-state index contributed by atoms with van der Waals surface area (Å²) in [4.78, 5) is 27.3. The highest BCUT2D eigenvalue weighted by Crippen LogP contribution is 2.27. The number of benzene rings is 1. The predicted molar refractivity (Wildman–Crippen MR) is 75.0 cm³/mol. The second kappa shape index (κ2) is 6.15. The molecule has 0 saturated carbocycles. The van der Waals surface area contributed by atoms with E-state index in [1.54, 1.807) is 12.1 Å². The van der Waals surface area contributed by atoms with Crippen LogP contribution in [-0.2, 0) is 5.75 Å². The third kappa shape index (κ3) is 3.43. The number of thioether (sulfide) groups is 1. The number of carboxylic acid groups (broad SMARTS) is 1. The molecule has 0 aliphatic heterocycles. The first kappa shape index (κ1) is 14.7. The molecule has 2 aromatic rings. The first-order chi connectivity index (χ1) is 9.47. The van der Waals surface area contributed by atoms with Crippen molar-refractivity contribution >= 4 is 34.9 Å². The van der Waals surface area contributed by atoms with Crippen LogP contribution in [0.1, 0.15) is 32.1 Å². The van der Waals surface area contributed by atoms with Gasteiger partial charge in [0.2, 0.25) is 0 Å². The molecule has 1 aromatic heterocycles. The summed E-state index contributed by atoms with van der Waals surface area (Å²) in [6.07, 6.45) is 0. The molecular formula is C13H10FNO3S2. The molecule has 0 saturated heterocycles. The van der Waals surface area contributed by atoms with Gasteiger partial charge in [0.1, 0.15) is 15.7 Å². The largest absolute Gasteiger partial charge is 0.476 e. The van der Waals surface area contributed by atoms with Crippen molar-refractivity contribution in [2.75, 3.05) is 0 Å². The molecule has 1 N–H and O–H groups in total. The molecule has 4 nitrogen and oxygen atoms in total. The Kier molecular flexibility index (Phi) is 4.51. The number of aromatic carboxylic acids is 1. The highest BCUT2D eigenvalue weighted by molar-refractivity contribution is 7.98. The quantitative estimate of drug-likeness (QED) is 0.676. The number of Topliss-reactive ketones (excluding diaryl/α,β-unsaturated/α-hetero) is 1. The van der Waals surface area contributed by atoms with Gasteiger partial charge in [-0.3, -0.25) is 4.79 Å². The van der Waals surface area contributed by atoms with Gasteiger partial charge in [0.25, 0.3) is 0 Å². The van der Waals surface area contributed by atoms with Gasteiger partial charge in [0.15, 0.2) is 11.5 Å². The second-order valence-electron chi connectivity index (χ2n) is 3.89. The number of aromatic nitrogens is 1. The van der Waals surface area contributed by atoms with Crippen molar-refractivity contribution in [2.24, 2.45) is 0 Å². The fourth-order valence-corrected chi connectivity index (χ4v) is 3.33. The van der Waals surface area contributed by atoms with Gasteiger partial charge in [-0.05, 0) is 24.3 Å².